The van der Waals surface area contributed by atoms with Gasteiger partial charge in [0, 0.05) is 12.0 Å². The Kier molecular flexibility index (Phi) is 5.10. The van der Waals surface area contributed by atoms with Crippen molar-refractivity contribution < 1.29 is 13.6 Å². The van der Waals surface area contributed by atoms with Gasteiger partial charge in [0.25, 0.3) is 5.22 Å². The van der Waals surface area contributed by atoms with E-state index >= 15 is 0 Å². The average molecular weight is 416 g/mol. The minimum absolute atomic E-state index is 0.0859. The summed E-state index contributed by atoms with van der Waals surface area (Å²) in [6.07, 6.45) is 8.15. The van der Waals surface area contributed by atoms with Crippen LogP contribution in [0.2, 0.25) is 0 Å². The average Bonchev–Trinajstić information content (AvgIpc) is 3.17. The summed E-state index contributed by atoms with van der Waals surface area (Å²) in [5, 5.41) is 11.9. The first kappa shape index (κ1) is 19.1. The minimum Gasteiger partial charge on any atom is -0.415 e. The first-order valence-electron chi connectivity index (χ1n) is 10.6. The third kappa shape index (κ3) is 3.93. The Bertz CT molecular complexity index is 864. The normalized spacial score (nSPS) is 29.9. The highest BCUT2D eigenvalue weighted by Gasteiger charge is 2.54. The van der Waals surface area contributed by atoms with Crippen molar-refractivity contribution in [2.24, 2.45) is 17.8 Å². The minimum atomic E-state index is -0.237. The highest BCUT2D eigenvalue weighted by atomic mass is 32.2. The fourth-order valence-electron chi connectivity index (χ4n) is 6.07. The van der Waals surface area contributed by atoms with Crippen LogP contribution < -0.4 is 5.32 Å². The van der Waals surface area contributed by atoms with Gasteiger partial charge in [0.05, 0.1) is 5.75 Å². The molecule has 6 rings (SSSR count). The lowest BCUT2D eigenvalue weighted by Crippen LogP contribution is -2.48. The molecule has 5 nitrogen and oxygen atoms in total. The van der Waals surface area contributed by atoms with Crippen molar-refractivity contribution in [2.75, 3.05) is 12.3 Å². The highest BCUT2D eigenvalue weighted by molar-refractivity contribution is 7.99. The van der Waals surface area contributed by atoms with Crippen LogP contribution >= 0.6 is 11.8 Å². The summed E-state index contributed by atoms with van der Waals surface area (Å²) < 4.78 is 19.6. The topological polar surface area (TPSA) is 68.0 Å². The molecule has 4 saturated carbocycles. The lowest BCUT2D eigenvalue weighted by Gasteiger charge is -2.55. The van der Waals surface area contributed by atoms with E-state index in [-0.39, 0.29) is 22.9 Å². The molecule has 0 spiro atoms. The van der Waals surface area contributed by atoms with Gasteiger partial charge in [-0.1, -0.05) is 30.0 Å². The number of halogens is 1. The molecule has 1 aromatic heterocycles. The maximum Gasteiger partial charge on any atom is 0.277 e. The molecule has 4 aliphatic rings. The molecule has 0 radical (unpaired) electrons. The van der Waals surface area contributed by atoms with Crippen molar-refractivity contribution >= 4 is 17.7 Å². The van der Waals surface area contributed by atoms with Gasteiger partial charge in [0.1, 0.15) is 5.82 Å². The van der Waals surface area contributed by atoms with E-state index in [4.69, 9.17) is 4.42 Å². The maximum absolute atomic E-state index is 13.6. The Balaban J connectivity index is 1.12. The second-order valence-electron chi connectivity index (χ2n) is 9.05. The molecule has 0 aliphatic heterocycles. The van der Waals surface area contributed by atoms with E-state index in [1.165, 1.54) is 56.4 Å². The molecule has 0 atom stereocenters. The number of hydrogen-bond acceptors (Lipinski definition) is 5. The van der Waals surface area contributed by atoms with Gasteiger partial charge in [-0.2, -0.15) is 0 Å². The van der Waals surface area contributed by atoms with Crippen LogP contribution in [-0.2, 0) is 16.6 Å². The lowest BCUT2D eigenvalue weighted by atomic mass is 9.49. The van der Waals surface area contributed by atoms with Crippen LogP contribution in [0.15, 0.2) is 33.9 Å². The second-order valence-corrected chi connectivity index (χ2v) is 9.98. The molecule has 4 fully saturated rings. The highest BCUT2D eigenvalue weighted by Crippen LogP contribution is 2.60. The third-order valence-electron chi connectivity index (χ3n) is 6.90. The van der Waals surface area contributed by atoms with E-state index < -0.39 is 0 Å². The largest absolute Gasteiger partial charge is 0.415 e. The number of carbonyl (C=O) groups excluding carboxylic acids is 1. The zero-order valence-corrected chi connectivity index (χ0v) is 17.2. The molecule has 7 heteroatoms. The van der Waals surface area contributed by atoms with Crippen molar-refractivity contribution in [3.8, 4) is 0 Å². The van der Waals surface area contributed by atoms with Crippen LogP contribution in [0.1, 0.15) is 50.0 Å². The fraction of sp³-hybridized carbons (Fsp3) is 0.591. The van der Waals surface area contributed by atoms with Crippen molar-refractivity contribution in [2.45, 2.75) is 55.6 Å². The third-order valence-corrected chi connectivity index (χ3v) is 7.72. The molecule has 1 amide bonds. The van der Waals surface area contributed by atoms with Gasteiger partial charge in [-0.05, 0) is 74.3 Å². The molecule has 2 aromatic rings. The van der Waals surface area contributed by atoms with Gasteiger partial charge in [0.2, 0.25) is 11.8 Å². The van der Waals surface area contributed by atoms with Crippen molar-refractivity contribution in [3.05, 3.63) is 41.5 Å². The Morgan fingerprint density at radius 2 is 1.83 bits per heavy atom. The number of nitrogens with zero attached hydrogens (tertiary/aromatic N) is 2. The molecule has 1 heterocycles. The number of rotatable bonds is 7. The van der Waals surface area contributed by atoms with E-state index in [1.54, 1.807) is 18.2 Å². The van der Waals surface area contributed by atoms with Crippen LogP contribution in [0.4, 0.5) is 4.39 Å². The van der Waals surface area contributed by atoms with E-state index in [0.29, 0.717) is 23.8 Å². The van der Waals surface area contributed by atoms with Crippen LogP contribution in [0, 0.1) is 23.6 Å². The number of aromatic nitrogens is 2. The van der Waals surface area contributed by atoms with Gasteiger partial charge < -0.3 is 9.73 Å². The zero-order valence-electron chi connectivity index (χ0n) is 16.4. The summed E-state index contributed by atoms with van der Waals surface area (Å²) in [5.74, 6) is 3.14. The molecular formula is C22H26FN3O2S. The van der Waals surface area contributed by atoms with Gasteiger partial charge >= 0.3 is 0 Å². The lowest BCUT2D eigenvalue weighted by molar-refractivity contribution is -0.118. The summed E-state index contributed by atoms with van der Waals surface area (Å²) >= 11 is 1.28. The summed E-state index contributed by atoms with van der Waals surface area (Å²) in [5.41, 5.74) is 0.695. The molecule has 1 aromatic carbocycles. The monoisotopic (exact) mass is 415 g/mol. The molecule has 154 valence electrons. The van der Waals surface area contributed by atoms with Gasteiger partial charge in [-0.15, -0.1) is 10.2 Å². The van der Waals surface area contributed by atoms with Crippen LogP contribution in [-0.4, -0.2) is 28.4 Å². The number of carbonyl (C=O) groups is 1. The summed E-state index contributed by atoms with van der Waals surface area (Å²) in [6.45, 7) is 0.405. The smallest absolute Gasteiger partial charge is 0.277 e. The number of nitrogens with one attached hydrogen (secondary N) is 1. The van der Waals surface area contributed by atoms with Crippen LogP contribution in [0.5, 0.6) is 0 Å². The quantitative estimate of drug-likeness (QED) is 0.689. The van der Waals surface area contributed by atoms with Crippen molar-refractivity contribution in [1.29, 1.82) is 0 Å². The van der Waals surface area contributed by atoms with E-state index in [1.807, 2.05) is 0 Å². The summed E-state index contributed by atoms with van der Waals surface area (Å²) in [7, 11) is 0. The molecule has 1 N–H and O–H groups in total. The van der Waals surface area contributed by atoms with E-state index in [2.05, 4.69) is 15.5 Å². The molecule has 0 saturated heterocycles. The summed E-state index contributed by atoms with van der Waals surface area (Å²) in [4.78, 5) is 12.1. The predicted octanol–water partition coefficient (Wildman–Crippen LogP) is 4.13. The second kappa shape index (κ2) is 7.74. The Morgan fingerprint density at radius 3 is 2.52 bits per heavy atom. The molecular weight excluding hydrogens is 389 g/mol. The first-order valence-corrected chi connectivity index (χ1v) is 11.5. The number of hydrogen-bond donors (Lipinski definition) is 1. The number of benzene rings is 1. The fourth-order valence-corrected chi connectivity index (χ4v) is 6.66. The first-order chi connectivity index (χ1) is 14.1. The van der Waals surface area contributed by atoms with Crippen LogP contribution in [0.25, 0.3) is 0 Å². The number of thioether (sulfide) groups is 1. The van der Waals surface area contributed by atoms with E-state index in [0.717, 1.165) is 23.6 Å². The van der Waals surface area contributed by atoms with Crippen molar-refractivity contribution in [3.63, 3.8) is 0 Å². The Hall–Kier alpha value is -1.89. The van der Waals surface area contributed by atoms with Crippen LogP contribution in [0.3, 0.4) is 0 Å². The molecule has 4 aliphatic carbocycles. The van der Waals surface area contributed by atoms with E-state index in [9.17, 15) is 9.18 Å². The number of amides is 1. The predicted molar refractivity (Wildman–Crippen MR) is 108 cm³/mol. The standard InChI is InChI=1S/C22H26FN3O2S/c23-18-4-2-1-3-17(18)5-6-24-19(27)13-29-21-26-25-20(28-21)22-10-14-7-15(11-22)9-16(8-14)12-22/h1-4,14-16H,5-13H2,(H,24,27). The van der Waals surface area contributed by atoms with Gasteiger partial charge in [-0.3, -0.25) is 4.79 Å². The Morgan fingerprint density at radius 1 is 1.14 bits per heavy atom. The zero-order chi connectivity index (χ0) is 19.8. The Labute approximate surface area is 174 Å². The van der Waals surface area contributed by atoms with Gasteiger partial charge in [0.15, 0.2) is 0 Å². The van der Waals surface area contributed by atoms with Crippen molar-refractivity contribution in [1.82, 2.24) is 15.5 Å². The SMILES string of the molecule is O=C(CSc1nnc(C23CC4CC(CC(C4)C2)C3)o1)NCCc1ccccc1F. The summed E-state index contributed by atoms with van der Waals surface area (Å²) in [6, 6.07) is 6.63. The molecule has 4 bridgehead atoms. The van der Waals surface area contributed by atoms with Gasteiger partial charge in [-0.25, -0.2) is 4.39 Å². The molecule has 29 heavy (non-hydrogen) atoms. The molecule has 0 unspecified atom stereocenters. The maximum atomic E-state index is 13.6.